The SMILES string of the molecule is O=Cc1c[c]cc2cc3ccccc3cc12. The molecule has 0 unspecified atom stereocenters. The normalized spacial score (nSPS) is 10.8. The standard InChI is InChI=1S/C15H9O/c16-10-14-7-3-6-13-8-11-4-1-2-5-12(11)9-15(13)14/h1-2,4-10H. The summed E-state index contributed by atoms with van der Waals surface area (Å²) in [7, 11) is 0. The third kappa shape index (κ3) is 1.29. The minimum Gasteiger partial charge on any atom is -0.298 e. The fraction of sp³-hybridized carbons (Fsp3) is 0. The quantitative estimate of drug-likeness (QED) is 0.438. The molecule has 0 amide bonds. The highest BCUT2D eigenvalue weighted by Gasteiger charge is 2.01. The van der Waals surface area contributed by atoms with Crippen LogP contribution in [0.3, 0.4) is 0 Å². The number of rotatable bonds is 1. The third-order valence-electron chi connectivity index (χ3n) is 2.83. The van der Waals surface area contributed by atoms with Crippen molar-refractivity contribution in [1.82, 2.24) is 0 Å². The molecule has 1 heteroatoms. The molecule has 0 spiro atoms. The summed E-state index contributed by atoms with van der Waals surface area (Å²) in [5.41, 5.74) is 0.697. The molecule has 0 aliphatic carbocycles. The van der Waals surface area contributed by atoms with Crippen LogP contribution in [0.2, 0.25) is 0 Å². The van der Waals surface area contributed by atoms with Crippen molar-refractivity contribution in [3.63, 3.8) is 0 Å². The van der Waals surface area contributed by atoms with Crippen LogP contribution in [0, 0.1) is 6.07 Å². The van der Waals surface area contributed by atoms with Gasteiger partial charge in [-0.05, 0) is 51.9 Å². The first-order valence-electron chi connectivity index (χ1n) is 5.16. The van der Waals surface area contributed by atoms with Crippen LogP contribution in [0.4, 0.5) is 0 Å². The number of carbonyl (C=O) groups is 1. The Kier molecular flexibility index (Phi) is 1.97. The molecule has 3 aromatic rings. The van der Waals surface area contributed by atoms with Gasteiger partial charge in [-0.3, -0.25) is 4.79 Å². The number of hydrogen-bond acceptors (Lipinski definition) is 1. The Bertz CT molecular complexity index is 683. The van der Waals surface area contributed by atoms with E-state index in [1.54, 1.807) is 6.07 Å². The molecule has 1 radical (unpaired) electrons. The van der Waals surface area contributed by atoms with Crippen molar-refractivity contribution in [1.29, 1.82) is 0 Å². The second-order valence-corrected chi connectivity index (χ2v) is 3.82. The summed E-state index contributed by atoms with van der Waals surface area (Å²) in [5.74, 6) is 0. The third-order valence-corrected chi connectivity index (χ3v) is 2.83. The largest absolute Gasteiger partial charge is 0.298 e. The minimum atomic E-state index is 0.697. The van der Waals surface area contributed by atoms with Crippen molar-refractivity contribution in [3.05, 3.63) is 60.2 Å². The summed E-state index contributed by atoms with van der Waals surface area (Å²) in [6.07, 6.45) is 0.883. The Morgan fingerprint density at radius 2 is 1.69 bits per heavy atom. The molecule has 3 aromatic carbocycles. The van der Waals surface area contributed by atoms with Crippen LogP contribution in [0.5, 0.6) is 0 Å². The van der Waals surface area contributed by atoms with Crippen LogP contribution in [-0.4, -0.2) is 6.29 Å². The summed E-state index contributed by atoms with van der Waals surface area (Å²) in [6.45, 7) is 0. The number of aldehydes is 1. The number of benzene rings is 3. The minimum absolute atomic E-state index is 0.697. The van der Waals surface area contributed by atoms with E-state index in [-0.39, 0.29) is 0 Å². The highest BCUT2D eigenvalue weighted by atomic mass is 16.1. The summed E-state index contributed by atoms with van der Waals surface area (Å²) in [5, 5.41) is 4.39. The van der Waals surface area contributed by atoms with Gasteiger partial charge in [0.05, 0.1) is 0 Å². The number of fused-ring (bicyclic) bond motifs is 2. The maximum Gasteiger partial charge on any atom is 0.150 e. The average molecular weight is 205 g/mol. The van der Waals surface area contributed by atoms with Gasteiger partial charge < -0.3 is 0 Å². The van der Waals surface area contributed by atoms with Gasteiger partial charge in [-0.2, -0.15) is 0 Å². The van der Waals surface area contributed by atoms with Crippen molar-refractivity contribution in [2.45, 2.75) is 0 Å². The molecule has 0 saturated heterocycles. The molecular formula is C15H9O. The first-order valence-corrected chi connectivity index (χ1v) is 5.16. The lowest BCUT2D eigenvalue weighted by Gasteiger charge is -2.03. The van der Waals surface area contributed by atoms with Crippen molar-refractivity contribution in [2.75, 3.05) is 0 Å². The Labute approximate surface area is 93.3 Å². The molecule has 1 nitrogen and oxygen atoms in total. The van der Waals surface area contributed by atoms with Crippen LogP contribution >= 0.6 is 0 Å². The summed E-state index contributed by atoms with van der Waals surface area (Å²) < 4.78 is 0. The molecule has 0 heterocycles. The molecule has 0 N–H and O–H groups in total. The van der Waals surface area contributed by atoms with E-state index in [1.165, 1.54) is 5.39 Å². The molecule has 3 rings (SSSR count). The van der Waals surface area contributed by atoms with E-state index in [9.17, 15) is 4.79 Å². The molecule has 0 aliphatic rings. The van der Waals surface area contributed by atoms with E-state index in [2.05, 4.69) is 30.3 Å². The lowest BCUT2D eigenvalue weighted by molar-refractivity contribution is 0.112. The fourth-order valence-corrected chi connectivity index (χ4v) is 2.02. The van der Waals surface area contributed by atoms with E-state index in [1.807, 2.05) is 18.2 Å². The van der Waals surface area contributed by atoms with Crippen molar-refractivity contribution in [3.8, 4) is 0 Å². The van der Waals surface area contributed by atoms with Crippen LogP contribution in [0.15, 0.2) is 48.5 Å². The Hall–Kier alpha value is -2.15. The predicted molar refractivity (Wildman–Crippen MR) is 65.7 cm³/mol. The monoisotopic (exact) mass is 205 g/mol. The molecule has 16 heavy (non-hydrogen) atoms. The van der Waals surface area contributed by atoms with Crippen LogP contribution in [0.1, 0.15) is 10.4 Å². The van der Waals surface area contributed by atoms with Gasteiger partial charge in [0.2, 0.25) is 0 Å². The van der Waals surface area contributed by atoms with Crippen molar-refractivity contribution < 1.29 is 4.79 Å². The molecule has 0 atom stereocenters. The number of carbonyl (C=O) groups excluding carboxylic acids is 1. The van der Waals surface area contributed by atoms with Gasteiger partial charge in [0, 0.05) is 5.56 Å². The van der Waals surface area contributed by atoms with E-state index in [0.29, 0.717) is 5.56 Å². The Morgan fingerprint density at radius 1 is 0.938 bits per heavy atom. The van der Waals surface area contributed by atoms with Gasteiger partial charge in [0.15, 0.2) is 6.29 Å². The zero-order valence-corrected chi connectivity index (χ0v) is 8.60. The zero-order chi connectivity index (χ0) is 11.0. The second-order valence-electron chi connectivity index (χ2n) is 3.82. The molecule has 0 fully saturated rings. The maximum atomic E-state index is 10.9. The van der Waals surface area contributed by atoms with Crippen LogP contribution < -0.4 is 0 Å². The molecule has 0 saturated carbocycles. The Morgan fingerprint density at radius 3 is 2.44 bits per heavy atom. The molecule has 0 aromatic heterocycles. The zero-order valence-electron chi connectivity index (χ0n) is 8.60. The van der Waals surface area contributed by atoms with Crippen LogP contribution in [-0.2, 0) is 0 Å². The van der Waals surface area contributed by atoms with Gasteiger partial charge >= 0.3 is 0 Å². The summed E-state index contributed by atoms with van der Waals surface area (Å²) in [4.78, 5) is 10.9. The average Bonchev–Trinajstić information content (AvgIpc) is 2.35. The van der Waals surface area contributed by atoms with E-state index >= 15 is 0 Å². The first-order chi connectivity index (χ1) is 7.88. The van der Waals surface area contributed by atoms with E-state index in [4.69, 9.17) is 0 Å². The molecular weight excluding hydrogens is 196 g/mol. The lowest BCUT2D eigenvalue weighted by atomic mass is 10.0. The molecule has 0 bridgehead atoms. The first kappa shape index (κ1) is 9.10. The Balaban J connectivity index is 2.51. The fourth-order valence-electron chi connectivity index (χ4n) is 2.02. The predicted octanol–water partition coefficient (Wildman–Crippen LogP) is 3.61. The van der Waals surface area contributed by atoms with Gasteiger partial charge in [-0.25, -0.2) is 0 Å². The summed E-state index contributed by atoms with van der Waals surface area (Å²) in [6, 6.07) is 18.9. The highest BCUT2D eigenvalue weighted by Crippen LogP contribution is 2.24. The topological polar surface area (TPSA) is 17.1 Å². The van der Waals surface area contributed by atoms with E-state index in [0.717, 1.165) is 22.4 Å². The molecule has 0 aliphatic heterocycles. The van der Waals surface area contributed by atoms with Gasteiger partial charge in [0.1, 0.15) is 0 Å². The van der Waals surface area contributed by atoms with Crippen molar-refractivity contribution in [2.24, 2.45) is 0 Å². The summed E-state index contributed by atoms with van der Waals surface area (Å²) >= 11 is 0. The number of hydrogen-bond donors (Lipinski definition) is 0. The van der Waals surface area contributed by atoms with Gasteiger partial charge in [0.25, 0.3) is 0 Å². The maximum absolute atomic E-state index is 10.9. The lowest BCUT2D eigenvalue weighted by Crippen LogP contribution is -1.83. The van der Waals surface area contributed by atoms with Crippen LogP contribution in [0.25, 0.3) is 21.5 Å². The van der Waals surface area contributed by atoms with Gasteiger partial charge in [-0.15, -0.1) is 0 Å². The molecule has 75 valence electrons. The highest BCUT2D eigenvalue weighted by molar-refractivity contribution is 6.05. The second kappa shape index (κ2) is 3.46. The van der Waals surface area contributed by atoms with Crippen molar-refractivity contribution >= 4 is 27.8 Å². The van der Waals surface area contributed by atoms with Gasteiger partial charge in [-0.1, -0.05) is 24.3 Å². The smallest absolute Gasteiger partial charge is 0.150 e. The van der Waals surface area contributed by atoms with E-state index < -0.39 is 0 Å².